The van der Waals surface area contributed by atoms with Gasteiger partial charge in [0.1, 0.15) is 11.9 Å². The number of benzene rings is 1. The quantitative estimate of drug-likeness (QED) is 0.861. The van der Waals surface area contributed by atoms with Crippen LogP contribution in [0.3, 0.4) is 0 Å². The number of hydrogen-bond donors (Lipinski definition) is 1. The fraction of sp³-hybridized carbons (Fsp3) is 0.538. The highest BCUT2D eigenvalue weighted by Crippen LogP contribution is 2.50. The second-order valence-corrected chi connectivity index (χ2v) is 4.69. The number of halogens is 5. The van der Waals surface area contributed by atoms with Crippen molar-refractivity contribution in [2.75, 3.05) is 6.61 Å². The van der Waals surface area contributed by atoms with Crippen LogP contribution >= 0.6 is 0 Å². The van der Waals surface area contributed by atoms with E-state index in [0.29, 0.717) is 12.5 Å². The van der Waals surface area contributed by atoms with Gasteiger partial charge < -0.3 is 9.84 Å². The molecule has 0 unspecified atom stereocenters. The zero-order chi connectivity index (χ0) is 15.1. The summed E-state index contributed by atoms with van der Waals surface area (Å²) in [4.78, 5) is 0. The van der Waals surface area contributed by atoms with E-state index in [1.165, 1.54) is 0 Å². The van der Waals surface area contributed by atoms with Gasteiger partial charge in [-0.05, 0) is 18.6 Å². The number of aliphatic hydroxyl groups excluding tert-OH is 1. The molecule has 0 saturated heterocycles. The van der Waals surface area contributed by atoms with E-state index in [9.17, 15) is 27.1 Å². The van der Waals surface area contributed by atoms with E-state index < -0.39 is 35.8 Å². The summed E-state index contributed by atoms with van der Waals surface area (Å²) in [6, 6.07) is 1.71. The smallest absolute Gasteiger partial charge is 0.416 e. The molecule has 0 radical (unpaired) electrons. The molecular weight excluding hydrogens is 283 g/mol. The minimum atomic E-state index is -4.80. The summed E-state index contributed by atoms with van der Waals surface area (Å²) in [5.74, 6) is -3.64. The highest BCUT2D eigenvalue weighted by atomic mass is 19.4. The number of hydrogen-bond acceptors (Lipinski definition) is 2. The van der Waals surface area contributed by atoms with E-state index in [1.807, 2.05) is 0 Å². The Hall–Kier alpha value is -1.37. The van der Waals surface area contributed by atoms with Crippen LogP contribution in [0, 0.1) is 0 Å². The van der Waals surface area contributed by atoms with Gasteiger partial charge in [-0.25, -0.2) is 8.78 Å². The fourth-order valence-electron chi connectivity index (χ4n) is 2.28. The van der Waals surface area contributed by atoms with Crippen LogP contribution in [0.1, 0.15) is 36.1 Å². The summed E-state index contributed by atoms with van der Waals surface area (Å²) >= 11 is 0. The second-order valence-electron chi connectivity index (χ2n) is 4.69. The van der Waals surface area contributed by atoms with Gasteiger partial charge in [0.15, 0.2) is 0 Å². The van der Waals surface area contributed by atoms with Crippen LogP contribution < -0.4 is 4.74 Å². The third kappa shape index (κ3) is 2.46. The molecule has 2 rings (SSSR count). The Morgan fingerprint density at radius 2 is 2.00 bits per heavy atom. The summed E-state index contributed by atoms with van der Waals surface area (Å²) in [5.41, 5.74) is -2.26. The minimum absolute atomic E-state index is 0.0222. The average Bonchev–Trinajstić information content (AvgIpc) is 2.57. The summed E-state index contributed by atoms with van der Waals surface area (Å²) in [6.45, 7) is 1.99. The van der Waals surface area contributed by atoms with Crippen LogP contribution in [-0.4, -0.2) is 17.6 Å². The molecule has 0 saturated carbocycles. The highest BCUT2D eigenvalue weighted by Gasteiger charge is 2.52. The Balaban J connectivity index is 2.56. The largest absolute Gasteiger partial charge is 0.493 e. The average molecular weight is 296 g/mol. The molecule has 1 atom stereocenters. The topological polar surface area (TPSA) is 29.5 Å². The van der Waals surface area contributed by atoms with Gasteiger partial charge in [0, 0.05) is 17.5 Å². The van der Waals surface area contributed by atoms with Crippen molar-refractivity contribution in [1.82, 2.24) is 0 Å². The van der Waals surface area contributed by atoms with Crippen LogP contribution in [0.5, 0.6) is 5.75 Å². The Labute approximate surface area is 112 Å². The van der Waals surface area contributed by atoms with Crippen LogP contribution in [0.15, 0.2) is 12.1 Å². The van der Waals surface area contributed by atoms with E-state index in [1.54, 1.807) is 6.92 Å². The predicted octanol–water partition coefficient (Wildman–Crippen LogP) is 3.72. The minimum Gasteiger partial charge on any atom is -0.493 e. The molecule has 0 spiro atoms. The van der Waals surface area contributed by atoms with Crippen LogP contribution in [-0.2, 0) is 12.6 Å². The molecule has 1 N–H and O–H groups in total. The maximum absolute atomic E-state index is 13.5. The second kappa shape index (κ2) is 4.87. The summed E-state index contributed by atoms with van der Waals surface area (Å²) in [7, 11) is 0. The van der Waals surface area contributed by atoms with Gasteiger partial charge in [0.2, 0.25) is 0 Å². The Morgan fingerprint density at radius 1 is 1.35 bits per heavy atom. The van der Waals surface area contributed by atoms with E-state index >= 15 is 0 Å². The van der Waals surface area contributed by atoms with Crippen molar-refractivity contribution in [1.29, 1.82) is 0 Å². The van der Waals surface area contributed by atoms with Gasteiger partial charge in [0.05, 0.1) is 12.2 Å². The van der Waals surface area contributed by atoms with Crippen molar-refractivity contribution < 1.29 is 31.8 Å². The predicted molar refractivity (Wildman–Crippen MR) is 60.8 cm³/mol. The van der Waals surface area contributed by atoms with Crippen LogP contribution in [0.25, 0.3) is 0 Å². The summed E-state index contributed by atoms with van der Waals surface area (Å²) in [5, 5.41) is 9.50. The Kier molecular flexibility index (Phi) is 3.66. The molecule has 0 amide bonds. The molecule has 1 aromatic carbocycles. The Morgan fingerprint density at radius 3 is 2.55 bits per heavy atom. The fourth-order valence-corrected chi connectivity index (χ4v) is 2.28. The SMILES string of the molecule is CCCOc1ccc(C(F)(F)F)c2c1CC(F)(F)[C@H]2O. The lowest BCUT2D eigenvalue weighted by Gasteiger charge is -2.18. The third-order valence-corrected chi connectivity index (χ3v) is 3.17. The number of ether oxygens (including phenoxy) is 1. The Bertz CT molecular complexity index is 510. The molecule has 0 aliphatic heterocycles. The zero-order valence-electron chi connectivity index (χ0n) is 10.6. The van der Waals surface area contributed by atoms with Crippen LogP contribution in [0.4, 0.5) is 22.0 Å². The molecule has 20 heavy (non-hydrogen) atoms. The monoisotopic (exact) mass is 296 g/mol. The maximum Gasteiger partial charge on any atom is 0.416 e. The first kappa shape index (κ1) is 15.0. The summed E-state index contributed by atoms with van der Waals surface area (Å²) in [6.07, 6.45) is -7.62. The van der Waals surface area contributed by atoms with Crippen molar-refractivity contribution in [2.45, 2.75) is 38.0 Å². The normalized spacial score (nSPS) is 20.9. The molecule has 0 aromatic heterocycles. The standard InChI is InChI=1S/C13H13F5O2/c1-2-5-20-9-4-3-8(13(16,17)18)10-7(9)6-12(14,15)11(10)19/h3-4,11,19H,2,5-6H2,1H3/t11-/m0/s1. The first-order chi connectivity index (χ1) is 9.18. The van der Waals surface area contributed by atoms with Gasteiger partial charge in [-0.2, -0.15) is 13.2 Å². The van der Waals surface area contributed by atoms with Crippen molar-refractivity contribution in [3.05, 3.63) is 28.8 Å². The summed E-state index contributed by atoms with van der Waals surface area (Å²) < 4.78 is 70.8. The van der Waals surface area contributed by atoms with Crippen molar-refractivity contribution in [2.24, 2.45) is 0 Å². The number of aliphatic hydroxyl groups is 1. The molecular formula is C13H13F5O2. The van der Waals surface area contributed by atoms with Crippen molar-refractivity contribution >= 4 is 0 Å². The van der Waals surface area contributed by atoms with Gasteiger partial charge in [0.25, 0.3) is 5.92 Å². The van der Waals surface area contributed by atoms with E-state index in [0.717, 1.165) is 6.07 Å². The zero-order valence-corrected chi connectivity index (χ0v) is 10.6. The van der Waals surface area contributed by atoms with Gasteiger partial charge >= 0.3 is 6.18 Å². The van der Waals surface area contributed by atoms with Crippen molar-refractivity contribution in [3.8, 4) is 5.75 Å². The van der Waals surface area contributed by atoms with E-state index in [4.69, 9.17) is 4.74 Å². The first-order valence-electron chi connectivity index (χ1n) is 6.10. The number of rotatable bonds is 3. The molecule has 0 bridgehead atoms. The lowest BCUT2D eigenvalue weighted by molar-refractivity contribution is -0.142. The molecule has 1 aliphatic rings. The number of fused-ring (bicyclic) bond motifs is 1. The lowest BCUT2D eigenvalue weighted by atomic mass is 10.0. The molecule has 7 heteroatoms. The molecule has 1 aromatic rings. The highest BCUT2D eigenvalue weighted by molar-refractivity contribution is 5.52. The molecule has 1 aliphatic carbocycles. The lowest BCUT2D eigenvalue weighted by Crippen LogP contribution is -2.23. The van der Waals surface area contributed by atoms with Crippen LogP contribution in [0.2, 0.25) is 0 Å². The maximum atomic E-state index is 13.5. The number of alkyl halides is 5. The molecule has 112 valence electrons. The molecule has 0 heterocycles. The molecule has 0 fully saturated rings. The van der Waals surface area contributed by atoms with Gasteiger partial charge in [-0.3, -0.25) is 0 Å². The van der Waals surface area contributed by atoms with Gasteiger partial charge in [-0.15, -0.1) is 0 Å². The van der Waals surface area contributed by atoms with E-state index in [-0.39, 0.29) is 17.9 Å². The molecule has 2 nitrogen and oxygen atoms in total. The van der Waals surface area contributed by atoms with Crippen molar-refractivity contribution in [3.63, 3.8) is 0 Å². The third-order valence-electron chi connectivity index (χ3n) is 3.17. The first-order valence-corrected chi connectivity index (χ1v) is 6.10. The van der Waals surface area contributed by atoms with E-state index in [2.05, 4.69) is 0 Å². The van der Waals surface area contributed by atoms with Gasteiger partial charge in [-0.1, -0.05) is 6.92 Å².